The number of rotatable bonds is 0. The molecule has 0 aliphatic carbocycles. The number of hydrogen-bond donors (Lipinski definition) is 0. The van der Waals surface area contributed by atoms with Crippen molar-refractivity contribution >= 4 is 22.1 Å². The lowest BCUT2D eigenvalue weighted by Gasteiger charge is -2.02. The van der Waals surface area contributed by atoms with E-state index in [-0.39, 0.29) is 0 Å². The third-order valence-corrected chi connectivity index (χ3v) is 2.95. The van der Waals surface area contributed by atoms with Gasteiger partial charge in [-0.15, -0.1) is 0 Å². The van der Waals surface area contributed by atoms with Crippen LogP contribution in [0.1, 0.15) is 11.5 Å². The predicted molar refractivity (Wildman–Crippen MR) is 62.2 cm³/mol. The van der Waals surface area contributed by atoms with Crippen LogP contribution in [-0.2, 0) is 7.05 Å². The van der Waals surface area contributed by atoms with Gasteiger partial charge < -0.3 is 4.42 Å². The second-order valence-corrected chi connectivity index (χ2v) is 4.14. The van der Waals surface area contributed by atoms with Crippen molar-refractivity contribution in [3.05, 3.63) is 35.7 Å². The fourth-order valence-electron chi connectivity index (χ4n) is 2.27. The Balaban J connectivity index is 2.60. The molecule has 0 radical (unpaired) electrons. The lowest BCUT2D eigenvalue weighted by molar-refractivity contribution is -0.619. The van der Waals surface area contributed by atoms with Crippen LogP contribution in [0.5, 0.6) is 0 Å². The van der Waals surface area contributed by atoms with E-state index in [2.05, 4.69) is 40.7 Å². The predicted octanol–water partition coefficient (Wildman–Crippen LogP) is 2.42. The third-order valence-electron chi connectivity index (χ3n) is 2.95. The number of hydrogen-bond acceptors (Lipinski definition) is 2. The Bertz CT molecular complexity index is 698. The van der Waals surface area contributed by atoms with Gasteiger partial charge in [0.25, 0.3) is 0 Å². The lowest BCUT2D eigenvalue weighted by Crippen LogP contribution is -2.31. The summed E-state index contributed by atoms with van der Waals surface area (Å²) in [6, 6.07) is 8.32. The van der Waals surface area contributed by atoms with Crippen LogP contribution in [0.2, 0.25) is 0 Å². The number of aryl methyl sites for hydroxylation is 3. The highest BCUT2D eigenvalue weighted by Crippen LogP contribution is 2.20. The van der Waals surface area contributed by atoms with Crippen LogP contribution in [0, 0.1) is 13.8 Å². The molecular weight excluding hydrogens is 200 g/mol. The SMILES string of the molecule is Cc1nc2c(cc3cccc(C)c3[n+]2C)o1. The van der Waals surface area contributed by atoms with Gasteiger partial charge in [-0.3, -0.25) is 0 Å². The summed E-state index contributed by atoms with van der Waals surface area (Å²) in [6.45, 7) is 3.98. The molecular formula is C13H13N2O+. The number of aromatic nitrogens is 2. The first-order valence-electron chi connectivity index (χ1n) is 5.32. The summed E-state index contributed by atoms with van der Waals surface area (Å²) in [7, 11) is 2.03. The fourth-order valence-corrected chi connectivity index (χ4v) is 2.27. The molecule has 0 bridgehead atoms. The number of nitrogens with zero attached hydrogens (tertiary/aromatic N) is 2. The van der Waals surface area contributed by atoms with Crippen molar-refractivity contribution in [1.82, 2.24) is 4.98 Å². The van der Waals surface area contributed by atoms with Gasteiger partial charge in [0.2, 0.25) is 5.58 Å². The lowest BCUT2D eigenvalue weighted by atomic mass is 10.1. The van der Waals surface area contributed by atoms with Crippen LogP contribution in [0.4, 0.5) is 0 Å². The van der Waals surface area contributed by atoms with Crippen LogP contribution < -0.4 is 4.57 Å². The number of para-hydroxylation sites is 1. The summed E-state index contributed by atoms with van der Waals surface area (Å²) in [4.78, 5) is 4.40. The van der Waals surface area contributed by atoms with Gasteiger partial charge in [0.05, 0.1) is 7.05 Å². The Morgan fingerprint density at radius 2 is 2.06 bits per heavy atom. The van der Waals surface area contributed by atoms with E-state index in [0.29, 0.717) is 5.89 Å². The molecule has 0 fully saturated rings. The molecule has 0 aliphatic rings. The summed E-state index contributed by atoms with van der Waals surface area (Å²) in [5.41, 5.74) is 4.21. The molecule has 0 saturated carbocycles. The first-order valence-corrected chi connectivity index (χ1v) is 5.32. The largest absolute Gasteiger partial charge is 0.415 e. The molecule has 0 aliphatic heterocycles. The Morgan fingerprint density at radius 3 is 2.88 bits per heavy atom. The Morgan fingerprint density at radius 1 is 1.25 bits per heavy atom. The molecule has 1 aromatic carbocycles. The summed E-state index contributed by atoms with van der Waals surface area (Å²) in [6.07, 6.45) is 0. The first-order chi connectivity index (χ1) is 7.66. The second-order valence-electron chi connectivity index (χ2n) is 4.14. The minimum absolute atomic E-state index is 0.707. The van der Waals surface area contributed by atoms with E-state index in [0.717, 1.165) is 11.2 Å². The number of benzene rings is 1. The molecule has 0 saturated heterocycles. The summed E-state index contributed by atoms with van der Waals surface area (Å²) < 4.78 is 7.66. The molecule has 3 heteroatoms. The Labute approximate surface area is 93.3 Å². The van der Waals surface area contributed by atoms with Crippen LogP contribution in [0.15, 0.2) is 28.7 Å². The van der Waals surface area contributed by atoms with E-state index in [4.69, 9.17) is 4.42 Å². The van der Waals surface area contributed by atoms with Crippen molar-refractivity contribution < 1.29 is 8.98 Å². The maximum atomic E-state index is 5.56. The molecule has 3 rings (SSSR count). The average Bonchev–Trinajstić information content (AvgIpc) is 2.59. The van der Waals surface area contributed by atoms with Gasteiger partial charge in [0, 0.05) is 18.4 Å². The van der Waals surface area contributed by atoms with Crippen LogP contribution in [-0.4, -0.2) is 4.98 Å². The highest BCUT2D eigenvalue weighted by atomic mass is 16.3. The minimum atomic E-state index is 0.707. The fraction of sp³-hybridized carbons (Fsp3) is 0.231. The number of oxazole rings is 1. The molecule has 0 amide bonds. The quantitative estimate of drug-likeness (QED) is 0.537. The van der Waals surface area contributed by atoms with Gasteiger partial charge in [0.15, 0.2) is 0 Å². The van der Waals surface area contributed by atoms with Gasteiger partial charge in [-0.25, -0.2) is 4.57 Å². The molecule has 2 heterocycles. The summed E-state index contributed by atoms with van der Waals surface area (Å²) in [5.74, 6) is 0.707. The first kappa shape index (κ1) is 9.33. The van der Waals surface area contributed by atoms with Crippen molar-refractivity contribution in [2.45, 2.75) is 13.8 Å². The zero-order valence-corrected chi connectivity index (χ0v) is 9.61. The molecule has 0 unspecified atom stereocenters. The molecule has 0 spiro atoms. The van der Waals surface area contributed by atoms with E-state index in [1.54, 1.807) is 0 Å². The zero-order valence-electron chi connectivity index (χ0n) is 9.61. The van der Waals surface area contributed by atoms with Gasteiger partial charge >= 0.3 is 11.5 Å². The molecule has 3 nitrogen and oxygen atoms in total. The zero-order chi connectivity index (χ0) is 11.3. The Hall–Kier alpha value is -1.90. The van der Waals surface area contributed by atoms with Crippen molar-refractivity contribution in [1.29, 1.82) is 0 Å². The standard InChI is InChI=1S/C13H13N2O/c1-8-5-4-6-10-7-11-13(14-9(2)16-11)15(3)12(8)10/h4-7H,1-3H3/q+1. The molecule has 3 aromatic rings. The van der Waals surface area contributed by atoms with Crippen LogP contribution in [0.3, 0.4) is 0 Å². The number of fused-ring (bicyclic) bond motifs is 2. The third kappa shape index (κ3) is 1.14. The normalized spacial score (nSPS) is 11.4. The van der Waals surface area contributed by atoms with E-state index in [9.17, 15) is 0 Å². The van der Waals surface area contributed by atoms with Gasteiger partial charge in [-0.2, -0.15) is 0 Å². The molecule has 2 aromatic heterocycles. The van der Waals surface area contributed by atoms with Gasteiger partial charge in [0.1, 0.15) is 5.52 Å². The van der Waals surface area contributed by atoms with Crippen molar-refractivity contribution in [3.8, 4) is 0 Å². The Kier molecular flexibility index (Phi) is 1.78. The van der Waals surface area contributed by atoms with E-state index in [1.807, 2.05) is 14.0 Å². The maximum absolute atomic E-state index is 5.56. The monoisotopic (exact) mass is 213 g/mol. The second kappa shape index (κ2) is 3.04. The maximum Gasteiger partial charge on any atom is 0.370 e. The average molecular weight is 213 g/mol. The van der Waals surface area contributed by atoms with Crippen molar-refractivity contribution in [3.63, 3.8) is 0 Å². The topological polar surface area (TPSA) is 29.9 Å². The smallest absolute Gasteiger partial charge is 0.370 e. The molecule has 80 valence electrons. The van der Waals surface area contributed by atoms with Crippen molar-refractivity contribution in [2.75, 3.05) is 0 Å². The van der Waals surface area contributed by atoms with E-state index < -0.39 is 0 Å². The van der Waals surface area contributed by atoms with E-state index in [1.165, 1.54) is 16.5 Å². The summed E-state index contributed by atoms with van der Waals surface area (Å²) in [5, 5.41) is 1.19. The number of pyridine rings is 1. The van der Waals surface area contributed by atoms with Crippen LogP contribution >= 0.6 is 0 Å². The minimum Gasteiger partial charge on any atom is -0.415 e. The van der Waals surface area contributed by atoms with Gasteiger partial charge in [-0.05, 0) is 17.5 Å². The van der Waals surface area contributed by atoms with Gasteiger partial charge in [-0.1, -0.05) is 18.2 Å². The summed E-state index contributed by atoms with van der Waals surface area (Å²) >= 11 is 0. The van der Waals surface area contributed by atoms with Crippen molar-refractivity contribution in [2.24, 2.45) is 7.05 Å². The molecule has 0 atom stereocenters. The molecule has 0 N–H and O–H groups in total. The van der Waals surface area contributed by atoms with E-state index >= 15 is 0 Å². The highest BCUT2D eigenvalue weighted by Gasteiger charge is 2.18. The van der Waals surface area contributed by atoms with Crippen LogP contribution in [0.25, 0.3) is 22.1 Å². The molecule has 16 heavy (non-hydrogen) atoms. The highest BCUT2D eigenvalue weighted by molar-refractivity contribution is 5.86.